The Balaban J connectivity index is -0.000000115. The van der Waals surface area contributed by atoms with Gasteiger partial charge in [0.2, 0.25) is 0 Å². The molecule has 102 heavy (non-hydrogen) atoms. The van der Waals surface area contributed by atoms with Gasteiger partial charge in [0.05, 0.1) is 0 Å². The van der Waals surface area contributed by atoms with Gasteiger partial charge in [-0.2, -0.15) is 0 Å². The summed E-state index contributed by atoms with van der Waals surface area (Å²) in [5.41, 5.74) is 3.08. The lowest BCUT2D eigenvalue weighted by molar-refractivity contribution is 0.262. The second-order valence-corrected chi connectivity index (χ2v) is 36.4. The van der Waals surface area contributed by atoms with Crippen LogP contribution in [0.1, 0.15) is 602 Å². The van der Waals surface area contributed by atoms with Crippen LogP contribution in [0, 0.1) is 62.6 Å². The van der Waals surface area contributed by atoms with Crippen molar-refractivity contribution in [3.63, 3.8) is 0 Å². The first-order valence-electron chi connectivity index (χ1n) is 48.3. The molecule has 0 amide bonds. The zero-order valence-corrected chi connectivity index (χ0v) is 80.9. The molecular weight excluding hydrogens is 1230 g/mol. The van der Waals surface area contributed by atoms with Gasteiger partial charge in [0.15, 0.2) is 0 Å². The number of hydrogen-bond donors (Lipinski definition) is 0. The minimum Gasteiger partial charge on any atom is -0.0654 e. The zero-order valence-electron chi connectivity index (χ0n) is 80.9. The van der Waals surface area contributed by atoms with Gasteiger partial charge in [-0.1, -0.05) is 564 Å². The molecule has 5 atom stereocenters. The second kappa shape index (κ2) is 95.2. The van der Waals surface area contributed by atoms with Crippen molar-refractivity contribution in [2.45, 2.75) is 602 Å². The number of rotatable bonds is 56. The summed E-state index contributed by atoms with van der Waals surface area (Å²) >= 11 is 0. The largest absolute Gasteiger partial charge is 0.0654 e. The molecule has 5 unspecified atom stereocenters. The van der Waals surface area contributed by atoms with E-state index in [0.29, 0.717) is 27.1 Å². The Hall–Kier alpha value is 0. The highest BCUT2D eigenvalue weighted by Crippen LogP contribution is 2.34. The first-order valence-corrected chi connectivity index (χ1v) is 48.3. The van der Waals surface area contributed by atoms with E-state index in [1.165, 1.54) is 353 Å². The quantitative estimate of drug-likeness (QED) is 0.0533. The Morgan fingerprint density at radius 3 is 0.657 bits per heavy atom. The van der Waals surface area contributed by atoms with E-state index in [0.717, 1.165) is 35.5 Å². The molecule has 0 bridgehead atoms. The zero-order chi connectivity index (χ0) is 80.9. The Bertz CT molecular complexity index is 1340. The molecule has 632 valence electrons. The van der Waals surface area contributed by atoms with Crippen LogP contribution in [-0.2, 0) is 0 Å². The van der Waals surface area contributed by atoms with Crippen LogP contribution in [0.4, 0.5) is 0 Å². The fourth-order valence-corrected chi connectivity index (χ4v) is 12.2. The van der Waals surface area contributed by atoms with Gasteiger partial charge in [-0.3, -0.25) is 0 Å². The van der Waals surface area contributed by atoms with Gasteiger partial charge < -0.3 is 0 Å². The van der Waals surface area contributed by atoms with Crippen LogP contribution >= 0.6 is 0 Å². The van der Waals surface area contributed by atoms with E-state index in [4.69, 9.17) is 0 Å². The maximum atomic E-state index is 2.43. The molecule has 0 saturated carbocycles. The Morgan fingerprint density at radius 2 is 0.392 bits per heavy atom. The molecule has 0 aromatic heterocycles. The van der Waals surface area contributed by atoms with Gasteiger partial charge in [0, 0.05) is 0 Å². The number of unbranched alkanes of at least 4 members (excludes halogenated alkanes) is 21. The summed E-state index contributed by atoms with van der Waals surface area (Å²) in [6.07, 6.45) is 76.7. The second-order valence-electron chi connectivity index (χ2n) is 36.4. The van der Waals surface area contributed by atoms with Crippen LogP contribution in [-0.4, -0.2) is 0 Å². The summed E-state index contributed by atoms with van der Waals surface area (Å²) in [5, 5.41) is 0. The third kappa shape index (κ3) is 109. The fourth-order valence-electron chi connectivity index (χ4n) is 12.2. The smallest absolute Gasteiger partial charge is 0.0331 e. The monoisotopic (exact) mass is 1450 g/mol. The topological polar surface area (TPSA) is 0 Å². The molecule has 0 aliphatic carbocycles. The van der Waals surface area contributed by atoms with E-state index in [-0.39, 0.29) is 0 Å². The molecule has 0 fully saturated rings. The Kier molecular flexibility index (Phi) is 115. The maximum absolute atomic E-state index is 2.43. The fraction of sp³-hybridized carbons (Fsp3) is 1.00. The van der Waals surface area contributed by atoms with Crippen molar-refractivity contribution in [3.8, 4) is 0 Å². The summed E-state index contributed by atoms with van der Waals surface area (Å²) < 4.78 is 0. The van der Waals surface area contributed by atoms with Crippen molar-refractivity contribution >= 4 is 0 Å². The van der Waals surface area contributed by atoms with Gasteiger partial charge in [-0.05, 0) is 101 Å². The highest BCUT2D eigenvalue weighted by atomic mass is 14.3. The van der Waals surface area contributed by atoms with Gasteiger partial charge in [0.1, 0.15) is 0 Å². The third-order valence-electron chi connectivity index (χ3n) is 25.4. The minimum atomic E-state index is 0.589. The molecular formula is C102H224. The molecule has 0 aromatic rings. The van der Waals surface area contributed by atoms with E-state index in [9.17, 15) is 0 Å². The molecule has 0 aromatic carbocycles. The predicted octanol–water partition coefficient (Wildman–Crippen LogP) is 40.7. The normalized spacial score (nSPS) is 12.8. The van der Waals surface area contributed by atoms with Gasteiger partial charge in [-0.25, -0.2) is 0 Å². The van der Waals surface area contributed by atoms with E-state index < -0.39 is 0 Å². The van der Waals surface area contributed by atoms with E-state index >= 15 is 0 Å². The maximum Gasteiger partial charge on any atom is -0.0331 e. The van der Waals surface area contributed by atoms with Crippen LogP contribution in [0.25, 0.3) is 0 Å². The van der Waals surface area contributed by atoms with E-state index in [1.54, 1.807) is 0 Å². The summed E-state index contributed by atoms with van der Waals surface area (Å²) in [5.74, 6) is 5.73. The molecule has 0 heteroatoms. The molecule has 0 saturated heterocycles. The summed E-state index contributed by atoms with van der Waals surface area (Å²) in [7, 11) is 0. The van der Waals surface area contributed by atoms with Crippen molar-refractivity contribution in [1.29, 1.82) is 0 Å². The highest BCUT2D eigenvalue weighted by Gasteiger charge is 2.20. The predicted molar refractivity (Wildman–Crippen MR) is 491 cm³/mol. The van der Waals surface area contributed by atoms with Crippen LogP contribution < -0.4 is 0 Å². The Labute approximate surface area is 661 Å². The van der Waals surface area contributed by atoms with Crippen molar-refractivity contribution < 1.29 is 0 Å². The highest BCUT2D eigenvalue weighted by molar-refractivity contribution is 4.73. The first kappa shape index (κ1) is 123. The first-order chi connectivity index (χ1) is 48.3. The molecule has 0 rings (SSSR count). The minimum absolute atomic E-state index is 0.589. The molecule has 0 N–H and O–H groups in total. The summed E-state index contributed by atoms with van der Waals surface area (Å²) in [6.45, 7) is 83.3. The van der Waals surface area contributed by atoms with Gasteiger partial charge >= 0.3 is 0 Å². The van der Waals surface area contributed by atoms with Crippen LogP contribution in [0.3, 0.4) is 0 Å². The average molecular weight is 1450 g/mol. The summed E-state index contributed by atoms with van der Waals surface area (Å²) in [4.78, 5) is 0. The van der Waals surface area contributed by atoms with Crippen molar-refractivity contribution in [3.05, 3.63) is 0 Å². The SMILES string of the molecule is CCC(C)CC(C)CC.CCCC(C)(C)CC.CCCCC(C)(CC)CC.CCCCCC(C)(CC)CC.CCCCCC(C)CC.CCCCCC(CC)CC.CCCCCCC(C)(CC)CC.CCCCCCC(C)CC.CCCCCCCC(C)(C)CC.CCCCCCCC(C)CC. The molecule has 0 nitrogen and oxygen atoms in total. The third-order valence-corrected chi connectivity index (χ3v) is 25.4. The lowest BCUT2D eigenvalue weighted by Crippen LogP contribution is -2.13. The molecule has 0 heterocycles. The van der Waals surface area contributed by atoms with E-state index in [2.05, 4.69) is 249 Å². The lowest BCUT2D eigenvalue weighted by atomic mass is 9.80. The molecule has 0 radical (unpaired) electrons. The van der Waals surface area contributed by atoms with Crippen molar-refractivity contribution in [2.75, 3.05) is 0 Å². The summed E-state index contributed by atoms with van der Waals surface area (Å²) in [6, 6.07) is 0. The van der Waals surface area contributed by atoms with Crippen molar-refractivity contribution in [1.82, 2.24) is 0 Å². The standard InChI is InChI=1S/2C12H26.2C11H24.3C10H22.2C9H20.C8H18/c1-5-7-8-9-10-11-12(3,4)6-2;1-5-8-9-10-11-12(4,6-2)7-3;1-5-8-9-10-11(4,6-2)7-3;1-4-6-7-8-9-10-11(3)5-2;1-5-8-9-10(4,6-2)7-3;1-4-6-7-8-9-10(3)5-2;1-4-7-8-9-10(5-2)6-3;1-5-8(3)7-9(4)6-2;1-4-6-7-8-9(3)5-2;1-5-7-8(3,4)6-2/h2*5-11H2,1-4H3;5-10H2,1-4H3;11H,4-10H2,1-3H3;5-9H2,1-4H3;2*10H,4-9H2,1-3H3;8-9H,5-7H2,1-4H3;9H,4-8H2,1-3H3;5-7H2,1-4H3. The molecule has 0 spiro atoms. The van der Waals surface area contributed by atoms with Crippen molar-refractivity contribution in [2.24, 2.45) is 62.6 Å². The van der Waals surface area contributed by atoms with Crippen LogP contribution in [0.2, 0.25) is 0 Å². The van der Waals surface area contributed by atoms with Crippen LogP contribution in [0.15, 0.2) is 0 Å². The number of hydrogen-bond acceptors (Lipinski definition) is 0. The lowest BCUT2D eigenvalue weighted by Gasteiger charge is -2.26. The molecule has 0 aliphatic rings. The average Bonchev–Trinajstić information content (AvgIpc) is 0.964. The van der Waals surface area contributed by atoms with Crippen LogP contribution in [0.5, 0.6) is 0 Å². The van der Waals surface area contributed by atoms with E-state index in [1.807, 2.05) is 0 Å². The Morgan fingerprint density at radius 1 is 0.176 bits per heavy atom. The van der Waals surface area contributed by atoms with Gasteiger partial charge in [-0.15, -0.1) is 0 Å². The molecule has 0 aliphatic heterocycles. The van der Waals surface area contributed by atoms with Gasteiger partial charge in [0.25, 0.3) is 0 Å².